The predicted molar refractivity (Wildman–Crippen MR) is 48.0 cm³/mol. The molecule has 0 spiro atoms. The number of imide groups is 1. The number of amides is 3. The minimum absolute atomic E-state index is 0.0972. The van der Waals surface area contributed by atoms with Gasteiger partial charge in [0.15, 0.2) is 0 Å². The lowest BCUT2D eigenvalue weighted by Crippen LogP contribution is -2.36. The summed E-state index contributed by atoms with van der Waals surface area (Å²) in [5.41, 5.74) is 5.41. The summed E-state index contributed by atoms with van der Waals surface area (Å²) in [6, 6.07) is -0.679. The fourth-order valence-electron chi connectivity index (χ4n) is 1.34. The molecule has 6 nitrogen and oxygen atoms in total. The number of hydrogen-bond acceptors (Lipinski definition) is 4. The topological polar surface area (TPSA) is 92.5 Å². The molecule has 1 heterocycles. The van der Waals surface area contributed by atoms with Crippen LogP contribution in [0.15, 0.2) is 0 Å². The summed E-state index contributed by atoms with van der Waals surface area (Å²) >= 11 is 0. The van der Waals surface area contributed by atoms with Gasteiger partial charge in [-0.2, -0.15) is 0 Å². The van der Waals surface area contributed by atoms with Crippen LogP contribution in [0.25, 0.3) is 0 Å². The Morgan fingerprint density at radius 3 is 2.79 bits per heavy atom. The second kappa shape index (κ2) is 4.71. The van der Waals surface area contributed by atoms with Crippen molar-refractivity contribution in [3.05, 3.63) is 0 Å². The lowest BCUT2D eigenvalue weighted by atomic mass is 10.3. The van der Waals surface area contributed by atoms with Crippen molar-refractivity contribution in [3.63, 3.8) is 0 Å². The Bertz CT molecular complexity index is 254. The zero-order chi connectivity index (χ0) is 10.6. The van der Waals surface area contributed by atoms with Gasteiger partial charge in [0.2, 0.25) is 18.2 Å². The summed E-state index contributed by atoms with van der Waals surface area (Å²) in [7, 11) is 0. The summed E-state index contributed by atoms with van der Waals surface area (Å²) in [5, 5.41) is 2.45. The largest absolute Gasteiger partial charge is 0.359 e. The fraction of sp³-hybridized carbons (Fsp3) is 0.625. The number of carbonyl (C=O) groups excluding carboxylic acids is 3. The highest BCUT2D eigenvalue weighted by Crippen LogP contribution is 2.10. The maximum atomic E-state index is 11.3. The van der Waals surface area contributed by atoms with Gasteiger partial charge in [0.05, 0.1) is 12.5 Å². The molecule has 0 bridgehead atoms. The number of rotatable bonds is 5. The zero-order valence-corrected chi connectivity index (χ0v) is 7.73. The molecule has 0 aromatic rings. The van der Waals surface area contributed by atoms with Crippen LogP contribution in [0.5, 0.6) is 0 Å². The summed E-state index contributed by atoms with van der Waals surface area (Å²) in [5.74, 6) is -0.547. The molecule has 0 aromatic carbocycles. The van der Waals surface area contributed by atoms with Crippen LogP contribution in [0.1, 0.15) is 12.8 Å². The Hall–Kier alpha value is -1.43. The molecule has 0 radical (unpaired) electrons. The van der Waals surface area contributed by atoms with E-state index in [0.29, 0.717) is 25.9 Å². The van der Waals surface area contributed by atoms with Crippen molar-refractivity contribution in [2.75, 3.05) is 13.1 Å². The highest BCUT2D eigenvalue weighted by Gasteiger charge is 2.35. The van der Waals surface area contributed by atoms with Crippen LogP contribution < -0.4 is 11.1 Å². The van der Waals surface area contributed by atoms with Gasteiger partial charge < -0.3 is 11.1 Å². The first-order chi connectivity index (χ1) is 6.66. The number of carbonyl (C=O) groups is 3. The molecule has 0 aromatic heterocycles. The Balaban J connectivity index is 2.33. The molecule has 1 aliphatic rings. The summed E-state index contributed by atoms with van der Waals surface area (Å²) < 4.78 is 0. The third kappa shape index (κ3) is 2.29. The summed E-state index contributed by atoms with van der Waals surface area (Å²) in [4.78, 5) is 33.5. The molecule has 0 saturated carbocycles. The molecule has 1 aliphatic heterocycles. The average Bonchev–Trinajstić information content (AvgIpc) is 2.38. The second-order valence-electron chi connectivity index (χ2n) is 3.12. The molecule has 6 heteroatoms. The number of nitrogens with one attached hydrogen (secondary N) is 1. The van der Waals surface area contributed by atoms with E-state index in [4.69, 9.17) is 5.73 Å². The lowest BCUT2D eigenvalue weighted by Gasteiger charge is -2.13. The molecule has 1 atom stereocenters. The molecule has 0 aliphatic carbocycles. The molecule has 1 saturated heterocycles. The third-order valence-electron chi connectivity index (χ3n) is 2.06. The van der Waals surface area contributed by atoms with Crippen LogP contribution in [0.3, 0.4) is 0 Å². The third-order valence-corrected chi connectivity index (χ3v) is 2.06. The summed E-state index contributed by atoms with van der Waals surface area (Å²) in [6.45, 7) is 0.780. The smallest absolute Gasteiger partial charge is 0.246 e. The van der Waals surface area contributed by atoms with Crippen molar-refractivity contribution < 1.29 is 14.4 Å². The standard InChI is InChI=1S/C8H13N3O3/c9-6-4-7(13)11(8(6)14)3-1-2-10-5-12/h5-6H,1-4,9H2,(H,10,12)/t6-/m0/s1. The molecule has 3 N–H and O–H groups in total. The highest BCUT2D eigenvalue weighted by molar-refractivity contribution is 6.05. The first-order valence-electron chi connectivity index (χ1n) is 4.43. The summed E-state index contributed by atoms with van der Waals surface area (Å²) in [6.07, 6.45) is 1.24. The Kier molecular flexibility index (Phi) is 3.58. The number of nitrogens with zero attached hydrogens (tertiary/aromatic N) is 1. The second-order valence-corrected chi connectivity index (χ2v) is 3.12. The van der Waals surface area contributed by atoms with Crippen LogP contribution in [0, 0.1) is 0 Å². The Morgan fingerprint density at radius 1 is 1.57 bits per heavy atom. The van der Waals surface area contributed by atoms with Crippen molar-refractivity contribution in [1.82, 2.24) is 10.2 Å². The minimum atomic E-state index is -0.679. The van der Waals surface area contributed by atoms with E-state index in [0.717, 1.165) is 4.90 Å². The van der Waals surface area contributed by atoms with Crippen molar-refractivity contribution in [2.24, 2.45) is 5.73 Å². The quantitative estimate of drug-likeness (QED) is 0.310. The van der Waals surface area contributed by atoms with E-state index in [-0.39, 0.29) is 18.2 Å². The van der Waals surface area contributed by atoms with Crippen LogP contribution in [-0.4, -0.2) is 42.3 Å². The van der Waals surface area contributed by atoms with Crippen molar-refractivity contribution in [3.8, 4) is 0 Å². The Morgan fingerprint density at radius 2 is 2.29 bits per heavy atom. The average molecular weight is 199 g/mol. The molecular weight excluding hydrogens is 186 g/mol. The van der Waals surface area contributed by atoms with Gasteiger partial charge in [0.25, 0.3) is 0 Å². The van der Waals surface area contributed by atoms with Gasteiger partial charge in [-0.25, -0.2) is 0 Å². The number of hydrogen-bond donors (Lipinski definition) is 2. The highest BCUT2D eigenvalue weighted by atomic mass is 16.2. The number of nitrogens with two attached hydrogens (primary N) is 1. The predicted octanol–water partition coefficient (Wildman–Crippen LogP) is -1.79. The van der Waals surface area contributed by atoms with E-state index in [1.54, 1.807) is 0 Å². The van der Waals surface area contributed by atoms with Crippen LogP contribution in [0.4, 0.5) is 0 Å². The maximum Gasteiger partial charge on any atom is 0.246 e. The van der Waals surface area contributed by atoms with Crippen molar-refractivity contribution >= 4 is 18.2 Å². The van der Waals surface area contributed by atoms with E-state index in [1.807, 2.05) is 0 Å². The van der Waals surface area contributed by atoms with Gasteiger partial charge >= 0.3 is 0 Å². The van der Waals surface area contributed by atoms with Gasteiger partial charge in [-0.05, 0) is 6.42 Å². The van der Waals surface area contributed by atoms with Gasteiger partial charge in [0, 0.05) is 13.1 Å². The zero-order valence-electron chi connectivity index (χ0n) is 7.73. The van der Waals surface area contributed by atoms with Gasteiger partial charge in [0.1, 0.15) is 0 Å². The van der Waals surface area contributed by atoms with E-state index in [9.17, 15) is 14.4 Å². The van der Waals surface area contributed by atoms with E-state index < -0.39 is 6.04 Å². The molecular formula is C8H13N3O3. The van der Waals surface area contributed by atoms with Crippen molar-refractivity contribution in [1.29, 1.82) is 0 Å². The van der Waals surface area contributed by atoms with E-state index in [2.05, 4.69) is 5.32 Å². The van der Waals surface area contributed by atoms with E-state index in [1.165, 1.54) is 0 Å². The SMILES string of the molecule is N[C@H]1CC(=O)N(CCCNC=O)C1=O. The molecule has 1 fully saturated rings. The maximum absolute atomic E-state index is 11.3. The van der Waals surface area contributed by atoms with Gasteiger partial charge in [-0.15, -0.1) is 0 Å². The van der Waals surface area contributed by atoms with E-state index >= 15 is 0 Å². The minimum Gasteiger partial charge on any atom is -0.359 e. The first kappa shape index (κ1) is 10.6. The normalized spacial score (nSPS) is 21.5. The monoisotopic (exact) mass is 199 g/mol. The first-order valence-corrected chi connectivity index (χ1v) is 4.43. The van der Waals surface area contributed by atoms with Crippen LogP contribution >= 0.6 is 0 Å². The van der Waals surface area contributed by atoms with Crippen LogP contribution in [0.2, 0.25) is 0 Å². The van der Waals surface area contributed by atoms with Gasteiger partial charge in [-0.3, -0.25) is 19.3 Å². The Labute approximate surface area is 81.4 Å². The molecule has 78 valence electrons. The number of likely N-dealkylation sites (tertiary alicyclic amines) is 1. The van der Waals surface area contributed by atoms with Gasteiger partial charge in [-0.1, -0.05) is 0 Å². The molecule has 3 amide bonds. The van der Waals surface area contributed by atoms with Crippen molar-refractivity contribution in [2.45, 2.75) is 18.9 Å². The molecule has 0 unspecified atom stereocenters. The van der Waals surface area contributed by atoms with Crippen LogP contribution in [-0.2, 0) is 14.4 Å². The molecule has 1 rings (SSSR count). The molecule has 14 heavy (non-hydrogen) atoms. The lowest BCUT2D eigenvalue weighted by molar-refractivity contribution is -0.138. The fourth-order valence-corrected chi connectivity index (χ4v) is 1.34.